The first-order valence-electron chi connectivity index (χ1n) is 4.92. The van der Waals surface area contributed by atoms with Crippen LogP contribution >= 0.6 is 0 Å². The molecular formula is C10H20O3. The number of carbonyl (C=O) groups is 1. The molecule has 13 heavy (non-hydrogen) atoms. The van der Waals surface area contributed by atoms with Crippen molar-refractivity contribution in [3.05, 3.63) is 0 Å². The highest BCUT2D eigenvalue weighted by Gasteiger charge is 1.97. The van der Waals surface area contributed by atoms with E-state index in [1.165, 1.54) is 0 Å². The topological polar surface area (TPSA) is 46.5 Å². The summed E-state index contributed by atoms with van der Waals surface area (Å²) in [4.78, 5) is 10.1. The monoisotopic (exact) mass is 188 g/mol. The highest BCUT2D eigenvalue weighted by Crippen LogP contribution is 2.00. The lowest BCUT2D eigenvalue weighted by atomic mass is 10.1. The van der Waals surface area contributed by atoms with Crippen molar-refractivity contribution in [2.75, 3.05) is 13.2 Å². The molecule has 1 N–H and O–H groups in total. The van der Waals surface area contributed by atoms with Crippen LogP contribution in [0.5, 0.6) is 0 Å². The second-order valence-electron chi connectivity index (χ2n) is 3.65. The van der Waals surface area contributed by atoms with Crippen molar-refractivity contribution in [3.8, 4) is 0 Å². The Balaban J connectivity index is 2.96. The third-order valence-electron chi connectivity index (χ3n) is 1.77. The van der Waals surface area contributed by atoms with E-state index in [9.17, 15) is 4.79 Å². The van der Waals surface area contributed by atoms with Gasteiger partial charge in [0, 0.05) is 19.6 Å². The number of unbranched alkanes of at least 4 members (excludes halogenated alkanes) is 1. The van der Waals surface area contributed by atoms with E-state index >= 15 is 0 Å². The number of hydrogen-bond donors (Lipinski definition) is 1. The number of rotatable bonds is 8. The summed E-state index contributed by atoms with van der Waals surface area (Å²) >= 11 is 0. The predicted octanol–water partition coefficient (Wildman–Crippen LogP) is 2.30. The fourth-order valence-electron chi connectivity index (χ4n) is 0.901. The second-order valence-corrected chi connectivity index (χ2v) is 3.65. The van der Waals surface area contributed by atoms with Crippen LogP contribution in [0, 0.1) is 5.92 Å². The summed E-state index contributed by atoms with van der Waals surface area (Å²) in [6, 6.07) is 0. The number of carboxylic acid groups (broad SMARTS) is 1. The fourth-order valence-corrected chi connectivity index (χ4v) is 0.901. The molecule has 0 amide bonds. The minimum absolute atomic E-state index is 0.257. The lowest BCUT2D eigenvalue weighted by Crippen LogP contribution is -2.01. The van der Waals surface area contributed by atoms with Crippen molar-refractivity contribution in [1.82, 2.24) is 0 Å². The molecule has 0 radical (unpaired) electrons. The number of aliphatic carboxylic acids is 1. The summed E-state index contributed by atoms with van der Waals surface area (Å²) < 4.78 is 5.33. The average Bonchev–Trinajstić information content (AvgIpc) is 2.01. The SMILES string of the molecule is CC(C)CCOCCCCC(=O)O. The molecule has 0 saturated heterocycles. The molecule has 0 aromatic heterocycles. The molecule has 0 spiro atoms. The fraction of sp³-hybridized carbons (Fsp3) is 0.900. The van der Waals surface area contributed by atoms with Crippen LogP contribution in [0.25, 0.3) is 0 Å². The van der Waals surface area contributed by atoms with E-state index in [1.54, 1.807) is 0 Å². The molecule has 0 aliphatic rings. The summed E-state index contributed by atoms with van der Waals surface area (Å²) in [5, 5.41) is 8.35. The first-order valence-corrected chi connectivity index (χ1v) is 4.92. The minimum atomic E-state index is -0.720. The Morgan fingerprint density at radius 1 is 1.31 bits per heavy atom. The summed E-state index contributed by atoms with van der Waals surface area (Å²) in [6.45, 7) is 5.81. The van der Waals surface area contributed by atoms with Gasteiger partial charge in [0.15, 0.2) is 0 Å². The van der Waals surface area contributed by atoms with Gasteiger partial charge < -0.3 is 9.84 Å². The summed E-state index contributed by atoms with van der Waals surface area (Å²) in [5.41, 5.74) is 0. The lowest BCUT2D eigenvalue weighted by Gasteiger charge is -2.05. The molecular weight excluding hydrogens is 168 g/mol. The van der Waals surface area contributed by atoms with Crippen molar-refractivity contribution in [2.24, 2.45) is 5.92 Å². The molecule has 3 nitrogen and oxygen atoms in total. The number of hydrogen-bond acceptors (Lipinski definition) is 2. The summed E-state index contributed by atoms with van der Waals surface area (Å²) in [7, 11) is 0. The molecule has 3 heteroatoms. The molecule has 78 valence electrons. The minimum Gasteiger partial charge on any atom is -0.481 e. The molecule has 0 saturated carbocycles. The summed E-state index contributed by atoms with van der Waals surface area (Å²) in [6.07, 6.45) is 2.91. The molecule has 0 unspecified atom stereocenters. The van der Waals surface area contributed by atoms with Crippen molar-refractivity contribution >= 4 is 5.97 Å². The Bertz CT molecular complexity index is 132. The smallest absolute Gasteiger partial charge is 0.303 e. The van der Waals surface area contributed by atoms with E-state index in [4.69, 9.17) is 9.84 Å². The first kappa shape index (κ1) is 12.4. The van der Waals surface area contributed by atoms with Crippen LogP contribution in [0.3, 0.4) is 0 Å². The summed E-state index contributed by atoms with van der Waals surface area (Å²) in [5.74, 6) is -0.0406. The molecule has 0 rings (SSSR count). The number of carboxylic acids is 1. The van der Waals surface area contributed by atoms with Crippen LogP contribution in [0.1, 0.15) is 39.5 Å². The van der Waals surface area contributed by atoms with Gasteiger partial charge in [-0.2, -0.15) is 0 Å². The zero-order valence-electron chi connectivity index (χ0n) is 8.58. The van der Waals surface area contributed by atoms with Crippen LogP contribution in [-0.2, 0) is 9.53 Å². The van der Waals surface area contributed by atoms with E-state index in [-0.39, 0.29) is 6.42 Å². The molecule has 0 fully saturated rings. The Hall–Kier alpha value is -0.570. The maximum atomic E-state index is 10.1. The van der Waals surface area contributed by atoms with Gasteiger partial charge >= 0.3 is 5.97 Å². The van der Waals surface area contributed by atoms with E-state index in [1.807, 2.05) is 0 Å². The Morgan fingerprint density at radius 2 is 2.00 bits per heavy atom. The van der Waals surface area contributed by atoms with E-state index in [2.05, 4.69) is 13.8 Å². The Kier molecular flexibility index (Phi) is 7.69. The zero-order chi connectivity index (χ0) is 10.1. The Labute approximate surface area is 80.1 Å². The van der Waals surface area contributed by atoms with Crippen LogP contribution < -0.4 is 0 Å². The van der Waals surface area contributed by atoms with Gasteiger partial charge in [-0.15, -0.1) is 0 Å². The highest BCUT2D eigenvalue weighted by molar-refractivity contribution is 5.66. The molecule has 0 atom stereocenters. The maximum absolute atomic E-state index is 10.1. The van der Waals surface area contributed by atoms with Gasteiger partial charge in [-0.1, -0.05) is 13.8 Å². The molecule has 0 heterocycles. The third-order valence-corrected chi connectivity index (χ3v) is 1.77. The maximum Gasteiger partial charge on any atom is 0.303 e. The van der Waals surface area contributed by atoms with Crippen LogP contribution in [0.15, 0.2) is 0 Å². The quantitative estimate of drug-likeness (QED) is 0.594. The van der Waals surface area contributed by atoms with Gasteiger partial charge in [-0.3, -0.25) is 4.79 Å². The lowest BCUT2D eigenvalue weighted by molar-refractivity contribution is -0.137. The van der Waals surface area contributed by atoms with Gasteiger partial charge in [0.2, 0.25) is 0 Å². The normalized spacial score (nSPS) is 10.7. The van der Waals surface area contributed by atoms with Gasteiger partial charge in [0.1, 0.15) is 0 Å². The van der Waals surface area contributed by atoms with Crippen molar-refractivity contribution in [1.29, 1.82) is 0 Å². The second kappa shape index (κ2) is 8.05. The zero-order valence-corrected chi connectivity index (χ0v) is 8.58. The van der Waals surface area contributed by atoms with Crippen molar-refractivity contribution in [2.45, 2.75) is 39.5 Å². The van der Waals surface area contributed by atoms with Gasteiger partial charge in [0.05, 0.1) is 0 Å². The third kappa shape index (κ3) is 11.4. The van der Waals surface area contributed by atoms with Gasteiger partial charge in [-0.05, 0) is 25.2 Å². The molecule has 0 aromatic carbocycles. The van der Waals surface area contributed by atoms with Gasteiger partial charge in [-0.25, -0.2) is 0 Å². The average molecular weight is 188 g/mol. The predicted molar refractivity (Wildman–Crippen MR) is 51.8 cm³/mol. The van der Waals surface area contributed by atoms with Crippen LogP contribution in [0.2, 0.25) is 0 Å². The van der Waals surface area contributed by atoms with Crippen LogP contribution in [-0.4, -0.2) is 24.3 Å². The van der Waals surface area contributed by atoms with E-state index in [0.29, 0.717) is 12.5 Å². The molecule has 0 aliphatic carbocycles. The molecule has 0 aromatic rings. The highest BCUT2D eigenvalue weighted by atomic mass is 16.5. The molecule has 0 bridgehead atoms. The van der Waals surface area contributed by atoms with Crippen molar-refractivity contribution in [3.63, 3.8) is 0 Å². The van der Waals surface area contributed by atoms with Crippen LogP contribution in [0.4, 0.5) is 0 Å². The molecule has 0 aliphatic heterocycles. The first-order chi connectivity index (χ1) is 6.13. The largest absolute Gasteiger partial charge is 0.481 e. The number of ether oxygens (including phenoxy) is 1. The van der Waals surface area contributed by atoms with E-state index in [0.717, 1.165) is 25.9 Å². The van der Waals surface area contributed by atoms with Crippen molar-refractivity contribution < 1.29 is 14.6 Å². The Morgan fingerprint density at radius 3 is 2.54 bits per heavy atom. The van der Waals surface area contributed by atoms with Gasteiger partial charge in [0.25, 0.3) is 0 Å². The standard InChI is InChI=1S/C10H20O3/c1-9(2)6-8-13-7-4-3-5-10(11)12/h9H,3-8H2,1-2H3,(H,11,12). The van der Waals surface area contributed by atoms with E-state index < -0.39 is 5.97 Å².